The number of nitrogens with one attached hydrogen (secondary N) is 2. The Morgan fingerprint density at radius 1 is 1.23 bits per heavy atom. The van der Waals surface area contributed by atoms with E-state index in [1.54, 1.807) is 19.1 Å². The number of amides is 2. The first-order valence-corrected chi connectivity index (χ1v) is 7.78. The third-order valence-electron chi connectivity index (χ3n) is 3.23. The van der Waals surface area contributed by atoms with Crippen LogP contribution in [0.3, 0.4) is 0 Å². The molecule has 1 aromatic rings. The highest BCUT2D eigenvalue weighted by molar-refractivity contribution is 9.10. The molecule has 2 unspecified atom stereocenters. The van der Waals surface area contributed by atoms with Gasteiger partial charge in [0.25, 0.3) is 5.91 Å². The van der Waals surface area contributed by atoms with Crippen LogP contribution in [-0.4, -0.2) is 30.9 Å². The van der Waals surface area contributed by atoms with Gasteiger partial charge in [-0.2, -0.15) is 0 Å². The van der Waals surface area contributed by atoms with Gasteiger partial charge in [-0.1, -0.05) is 28.9 Å². The Kier molecular flexibility index (Phi) is 10.1. The number of nitrogens with two attached hydrogens (primary N) is 1. The third kappa shape index (κ3) is 7.24. The van der Waals surface area contributed by atoms with Gasteiger partial charge < -0.3 is 16.4 Å². The highest BCUT2D eigenvalue weighted by Crippen LogP contribution is 2.11. The van der Waals surface area contributed by atoms with Gasteiger partial charge >= 0.3 is 0 Å². The largest absolute Gasteiger partial charge is 0.356 e. The van der Waals surface area contributed by atoms with Crippen LogP contribution in [0.1, 0.15) is 30.6 Å². The van der Waals surface area contributed by atoms with Crippen LogP contribution in [0, 0.1) is 5.92 Å². The van der Waals surface area contributed by atoms with Crippen molar-refractivity contribution in [3.8, 4) is 0 Å². The lowest BCUT2D eigenvalue weighted by atomic mass is 10.0. The molecule has 0 fully saturated rings. The van der Waals surface area contributed by atoms with Crippen LogP contribution in [0.4, 0.5) is 0 Å². The van der Waals surface area contributed by atoms with E-state index in [4.69, 9.17) is 5.73 Å². The molecule has 0 aliphatic heterocycles. The number of benzene rings is 1. The lowest BCUT2D eigenvalue weighted by molar-refractivity contribution is -0.124. The summed E-state index contributed by atoms with van der Waals surface area (Å²) in [5.74, 6) is -0.379. The van der Waals surface area contributed by atoms with Gasteiger partial charge in [0.15, 0.2) is 0 Å². The molecule has 0 bridgehead atoms. The molecule has 1 rings (SSSR count). The Bertz CT molecular complexity index is 497. The van der Waals surface area contributed by atoms with Crippen LogP contribution in [0.2, 0.25) is 0 Å². The summed E-state index contributed by atoms with van der Waals surface area (Å²) in [7, 11) is 0. The molecule has 124 valence electrons. The second kappa shape index (κ2) is 10.6. The molecule has 0 aliphatic carbocycles. The zero-order valence-corrected chi connectivity index (χ0v) is 15.2. The molecule has 22 heavy (non-hydrogen) atoms. The first kappa shape index (κ1) is 20.9. The van der Waals surface area contributed by atoms with Crippen LogP contribution in [-0.2, 0) is 4.79 Å². The van der Waals surface area contributed by atoms with Crippen molar-refractivity contribution in [3.63, 3.8) is 0 Å². The van der Waals surface area contributed by atoms with E-state index in [0.717, 1.165) is 4.47 Å². The maximum absolute atomic E-state index is 11.9. The minimum Gasteiger partial charge on any atom is -0.356 e. The van der Waals surface area contributed by atoms with Gasteiger partial charge in [-0.3, -0.25) is 9.59 Å². The second-order valence-electron chi connectivity index (χ2n) is 5.06. The molecule has 0 heterocycles. The lowest BCUT2D eigenvalue weighted by Gasteiger charge is -2.15. The number of rotatable bonds is 7. The highest BCUT2D eigenvalue weighted by atomic mass is 79.9. The smallest absolute Gasteiger partial charge is 0.251 e. The summed E-state index contributed by atoms with van der Waals surface area (Å²) < 4.78 is 0.868. The Morgan fingerprint density at radius 2 is 1.86 bits per heavy atom. The Morgan fingerprint density at radius 3 is 2.45 bits per heavy atom. The molecule has 4 N–H and O–H groups in total. The van der Waals surface area contributed by atoms with Gasteiger partial charge in [0.05, 0.1) is 0 Å². The van der Waals surface area contributed by atoms with Crippen molar-refractivity contribution < 1.29 is 9.59 Å². The number of halogens is 2. The SMILES string of the molecule is CC(N)C(C)C(=O)NCCCNC(=O)c1cccc(Br)c1.Cl. The Balaban J connectivity index is 0.00000441. The van der Waals surface area contributed by atoms with E-state index in [1.165, 1.54) is 0 Å². The Hall–Kier alpha value is -1.11. The van der Waals surface area contributed by atoms with Gasteiger partial charge in [-0.25, -0.2) is 0 Å². The molecule has 0 saturated heterocycles. The zero-order valence-electron chi connectivity index (χ0n) is 12.8. The molecule has 0 spiro atoms. The molecule has 0 aliphatic rings. The van der Waals surface area contributed by atoms with Crippen LogP contribution in [0.15, 0.2) is 28.7 Å². The van der Waals surface area contributed by atoms with Crippen molar-refractivity contribution in [3.05, 3.63) is 34.3 Å². The van der Waals surface area contributed by atoms with Gasteiger partial charge in [0.2, 0.25) is 5.91 Å². The quantitative estimate of drug-likeness (QED) is 0.621. The summed E-state index contributed by atoms with van der Waals surface area (Å²) >= 11 is 3.33. The highest BCUT2D eigenvalue weighted by Gasteiger charge is 2.15. The molecule has 0 aromatic heterocycles. The molecule has 5 nitrogen and oxygen atoms in total. The van der Waals surface area contributed by atoms with Crippen LogP contribution >= 0.6 is 28.3 Å². The molecule has 2 atom stereocenters. The van der Waals surface area contributed by atoms with Gasteiger partial charge in [-0.15, -0.1) is 12.4 Å². The average Bonchev–Trinajstić information content (AvgIpc) is 2.45. The minimum absolute atomic E-state index is 0. The average molecular weight is 393 g/mol. The minimum atomic E-state index is -0.207. The molecule has 0 saturated carbocycles. The van der Waals surface area contributed by atoms with E-state index < -0.39 is 0 Å². The van der Waals surface area contributed by atoms with Gasteiger partial charge in [0.1, 0.15) is 0 Å². The van der Waals surface area contributed by atoms with Gasteiger partial charge in [0, 0.05) is 35.1 Å². The monoisotopic (exact) mass is 391 g/mol. The van der Waals surface area contributed by atoms with Crippen molar-refractivity contribution in [2.24, 2.45) is 11.7 Å². The van der Waals surface area contributed by atoms with E-state index in [-0.39, 0.29) is 36.2 Å². The van der Waals surface area contributed by atoms with E-state index in [9.17, 15) is 9.59 Å². The Labute approximate surface area is 145 Å². The topological polar surface area (TPSA) is 84.2 Å². The molecule has 2 amide bonds. The number of carbonyl (C=O) groups excluding carboxylic acids is 2. The van der Waals surface area contributed by atoms with Crippen molar-refractivity contribution in [2.75, 3.05) is 13.1 Å². The maximum Gasteiger partial charge on any atom is 0.251 e. The summed E-state index contributed by atoms with van der Waals surface area (Å²) in [4.78, 5) is 23.5. The predicted octanol–water partition coefficient (Wildman–Crippen LogP) is 2.09. The maximum atomic E-state index is 11.9. The van der Waals surface area contributed by atoms with E-state index in [2.05, 4.69) is 26.6 Å². The van der Waals surface area contributed by atoms with Crippen LogP contribution in [0.5, 0.6) is 0 Å². The number of hydrogen-bond acceptors (Lipinski definition) is 3. The second-order valence-corrected chi connectivity index (χ2v) is 5.97. The number of hydrogen-bond donors (Lipinski definition) is 3. The van der Waals surface area contributed by atoms with Crippen molar-refractivity contribution in [2.45, 2.75) is 26.3 Å². The standard InChI is InChI=1S/C15H22BrN3O2.ClH/c1-10(11(2)17)14(20)18-7-4-8-19-15(21)12-5-3-6-13(16)9-12;/h3,5-6,9-11H,4,7-8,17H2,1-2H3,(H,18,20)(H,19,21);1H. The number of carbonyl (C=O) groups is 2. The van der Waals surface area contributed by atoms with Crippen molar-refractivity contribution in [1.29, 1.82) is 0 Å². The van der Waals surface area contributed by atoms with E-state index >= 15 is 0 Å². The van der Waals surface area contributed by atoms with Gasteiger partial charge in [-0.05, 0) is 31.5 Å². The molecule has 0 radical (unpaired) electrons. The third-order valence-corrected chi connectivity index (χ3v) is 3.72. The molecule has 7 heteroatoms. The summed E-state index contributed by atoms with van der Waals surface area (Å²) in [6, 6.07) is 7.04. The van der Waals surface area contributed by atoms with Crippen LogP contribution in [0.25, 0.3) is 0 Å². The lowest BCUT2D eigenvalue weighted by Crippen LogP contribution is -2.39. The summed E-state index contributed by atoms with van der Waals surface area (Å²) in [5.41, 5.74) is 6.27. The van der Waals surface area contributed by atoms with Crippen molar-refractivity contribution >= 4 is 40.2 Å². The first-order valence-electron chi connectivity index (χ1n) is 6.99. The zero-order chi connectivity index (χ0) is 15.8. The fourth-order valence-electron chi connectivity index (χ4n) is 1.63. The molecular formula is C15H23BrClN3O2. The van der Waals surface area contributed by atoms with E-state index in [0.29, 0.717) is 25.1 Å². The summed E-state index contributed by atoms with van der Waals surface area (Å²) in [5, 5.41) is 5.62. The first-order chi connectivity index (χ1) is 9.91. The summed E-state index contributed by atoms with van der Waals surface area (Å²) in [6.07, 6.45) is 0.678. The normalized spacial score (nSPS) is 12.7. The fraction of sp³-hybridized carbons (Fsp3) is 0.467. The van der Waals surface area contributed by atoms with Crippen LogP contribution < -0.4 is 16.4 Å². The molecular weight excluding hydrogens is 370 g/mol. The molecule has 1 aromatic carbocycles. The predicted molar refractivity (Wildman–Crippen MR) is 94.2 cm³/mol. The summed E-state index contributed by atoms with van der Waals surface area (Å²) in [6.45, 7) is 4.64. The van der Waals surface area contributed by atoms with E-state index in [1.807, 2.05) is 19.1 Å². The van der Waals surface area contributed by atoms with Crippen molar-refractivity contribution in [1.82, 2.24) is 10.6 Å². The fourth-order valence-corrected chi connectivity index (χ4v) is 2.03.